The first-order valence-corrected chi connectivity index (χ1v) is 6.14. The highest BCUT2D eigenvalue weighted by Crippen LogP contribution is 2.30. The minimum absolute atomic E-state index is 0.0269. The number of rotatable bonds is 1. The Balaban J connectivity index is 2.28. The molecule has 0 N–H and O–H groups in total. The molecule has 3 heteroatoms. The molecule has 2 rings (SSSR count). The van der Waals surface area contributed by atoms with Gasteiger partial charge in [-0.3, -0.25) is 4.79 Å². The number of benzene rings is 1. The van der Waals surface area contributed by atoms with Crippen molar-refractivity contribution in [3.8, 4) is 0 Å². The smallest absolute Gasteiger partial charge is 0.138 e. The maximum Gasteiger partial charge on any atom is 0.138 e. The van der Waals surface area contributed by atoms with Crippen LogP contribution < -0.4 is 0 Å². The summed E-state index contributed by atoms with van der Waals surface area (Å²) in [5, 5.41) is 0. The molecule has 1 aliphatic rings. The molecular formula is C12H13IO2. The fourth-order valence-electron chi connectivity index (χ4n) is 1.86. The number of hydrogen-bond donors (Lipinski definition) is 0. The molecule has 1 unspecified atom stereocenters. The van der Waals surface area contributed by atoms with Gasteiger partial charge in [-0.2, -0.15) is 0 Å². The van der Waals surface area contributed by atoms with E-state index in [0.717, 1.165) is 5.56 Å². The number of halogens is 1. The molecule has 2 nitrogen and oxygen atoms in total. The Morgan fingerprint density at radius 3 is 3.00 bits per heavy atom. The lowest BCUT2D eigenvalue weighted by atomic mass is 9.97. The van der Waals surface area contributed by atoms with Gasteiger partial charge in [0.1, 0.15) is 5.78 Å². The predicted octanol–water partition coefficient (Wildman–Crippen LogP) is 3.02. The molecule has 1 atom stereocenters. The summed E-state index contributed by atoms with van der Waals surface area (Å²) >= 11 is 2.31. The summed E-state index contributed by atoms with van der Waals surface area (Å²) < 4.78 is 6.87. The molecule has 0 aliphatic carbocycles. The third-order valence-corrected chi connectivity index (χ3v) is 3.94. The van der Waals surface area contributed by atoms with Crippen LogP contribution in [0.2, 0.25) is 0 Å². The molecule has 0 spiro atoms. The molecule has 15 heavy (non-hydrogen) atoms. The Morgan fingerprint density at radius 2 is 2.27 bits per heavy atom. The summed E-state index contributed by atoms with van der Waals surface area (Å²) in [5.74, 6) is 0.310. The zero-order valence-electron chi connectivity index (χ0n) is 8.63. The third kappa shape index (κ3) is 2.39. The van der Waals surface area contributed by atoms with Crippen molar-refractivity contribution in [1.29, 1.82) is 0 Å². The lowest BCUT2D eigenvalue weighted by molar-refractivity contribution is -0.128. The Labute approximate surface area is 103 Å². The van der Waals surface area contributed by atoms with Crippen LogP contribution in [0.1, 0.15) is 30.1 Å². The van der Waals surface area contributed by atoms with Crippen molar-refractivity contribution in [1.82, 2.24) is 0 Å². The first kappa shape index (κ1) is 11.1. The first-order chi connectivity index (χ1) is 7.18. The summed E-state index contributed by atoms with van der Waals surface area (Å²) in [7, 11) is 0. The molecule has 1 aromatic carbocycles. The van der Waals surface area contributed by atoms with Crippen molar-refractivity contribution in [2.75, 3.05) is 6.61 Å². The Bertz CT molecular complexity index is 387. The van der Waals surface area contributed by atoms with E-state index in [9.17, 15) is 4.79 Å². The Morgan fingerprint density at radius 1 is 1.47 bits per heavy atom. The van der Waals surface area contributed by atoms with Crippen molar-refractivity contribution in [3.05, 3.63) is 32.9 Å². The average molecular weight is 316 g/mol. The molecular weight excluding hydrogens is 303 g/mol. The summed E-state index contributed by atoms with van der Waals surface area (Å²) in [4.78, 5) is 11.4. The number of Topliss-reactive ketones (excluding diaryl/α,β-unsaturated/α-hetero) is 1. The minimum atomic E-state index is -0.0269. The van der Waals surface area contributed by atoms with Gasteiger partial charge in [0.2, 0.25) is 0 Å². The van der Waals surface area contributed by atoms with E-state index in [1.165, 1.54) is 9.13 Å². The zero-order chi connectivity index (χ0) is 10.8. The van der Waals surface area contributed by atoms with Gasteiger partial charge < -0.3 is 4.74 Å². The van der Waals surface area contributed by atoms with Crippen molar-refractivity contribution < 1.29 is 9.53 Å². The van der Waals surface area contributed by atoms with Crippen LogP contribution in [-0.2, 0) is 9.53 Å². The molecule has 1 saturated heterocycles. The van der Waals surface area contributed by atoms with Crippen LogP contribution in [0.5, 0.6) is 0 Å². The van der Waals surface area contributed by atoms with Crippen molar-refractivity contribution in [3.63, 3.8) is 0 Å². The van der Waals surface area contributed by atoms with E-state index in [0.29, 0.717) is 25.2 Å². The van der Waals surface area contributed by atoms with Gasteiger partial charge >= 0.3 is 0 Å². The number of carbonyl (C=O) groups is 1. The summed E-state index contributed by atoms with van der Waals surface area (Å²) in [5.41, 5.74) is 2.40. The van der Waals surface area contributed by atoms with Crippen LogP contribution in [0, 0.1) is 10.5 Å². The third-order valence-electron chi connectivity index (χ3n) is 2.77. The van der Waals surface area contributed by atoms with E-state index < -0.39 is 0 Å². The van der Waals surface area contributed by atoms with Gasteiger partial charge in [-0.05, 0) is 46.7 Å². The summed E-state index contributed by atoms with van der Waals surface area (Å²) in [6, 6.07) is 6.15. The maximum atomic E-state index is 11.4. The van der Waals surface area contributed by atoms with E-state index >= 15 is 0 Å². The van der Waals surface area contributed by atoms with E-state index in [-0.39, 0.29) is 6.10 Å². The van der Waals surface area contributed by atoms with E-state index in [2.05, 4.69) is 41.6 Å². The normalized spacial score (nSPS) is 21.7. The molecule has 0 amide bonds. The molecule has 0 bridgehead atoms. The zero-order valence-corrected chi connectivity index (χ0v) is 10.8. The van der Waals surface area contributed by atoms with Gasteiger partial charge in [-0.15, -0.1) is 0 Å². The second kappa shape index (κ2) is 4.61. The van der Waals surface area contributed by atoms with E-state index in [1.807, 2.05) is 6.07 Å². The molecule has 0 radical (unpaired) electrons. The molecule has 0 saturated carbocycles. The molecule has 80 valence electrons. The quantitative estimate of drug-likeness (QED) is 0.745. The fraction of sp³-hybridized carbons (Fsp3) is 0.417. The number of ketones is 1. The average Bonchev–Trinajstić information content (AvgIpc) is 2.22. The van der Waals surface area contributed by atoms with Crippen LogP contribution in [0.15, 0.2) is 18.2 Å². The second-order valence-electron chi connectivity index (χ2n) is 3.81. The molecule has 1 heterocycles. The van der Waals surface area contributed by atoms with Crippen molar-refractivity contribution in [2.24, 2.45) is 0 Å². The molecule has 0 aromatic heterocycles. The predicted molar refractivity (Wildman–Crippen MR) is 66.8 cm³/mol. The van der Waals surface area contributed by atoms with Gasteiger partial charge in [-0.1, -0.05) is 12.1 Å². The number of carbonyl (C=O) groups excluding carboxylic acids is 1. The maximum absolute atomic E-state index is 11.4. The largest absolute Gasteiger partial charge is 0.373 e. The van der Waals surface area contributed by atoms with Gasteiger partial charge in [-0.25, -0.2) is 0 Å². The standard InChI is InChI=1S/C12H13IO2/c1-8-10(3-2-4-11(8)13)12-7-9(14)5-6-15-12/h2-4,12H,5-7H2,1H3. The minimum Gasteiger partial charge on any atom is -0.373 e. The molecule has 1 fully saturated rings. The van der Waals surface area contributed by atoms with Crippen molar-refractivity contribution in [2.45, 2.75) is 25.9 Å². The fourth-order valence-corrected chi connectivity index (χ4v) is 2.37. The van der Waals surface area contributed by atoms with Crippen LogP contribution in [0.25, 0.3) is 0 Å². The van der Waals surface area contributed by atoms with Crippen LogP contribution >= 0.6 is 22.6 Å². The van der Waals surface area contributed by atoms with Gasteiger partial charge in [0.25, 0.3) is 0 Å². The Hall–Kier alpha value is -0.420. The topological polar surface area (TPSA) is 26.3 Å². The lowest BCUT2D eigenvalue weighted by Gasteiger charge is -2.23. The van der Waals surface area contributed by atoms with Crippen LogP contribution in [0.4, 0.5) is 0 Å². The van der Waals surface area contributed by atoms with Gasteiger partial charge in [0.15, 0.2) is 0 Å². The molecule has 1 aromatic rings. The first-order valence-electron chi connectivity index (χ1n) is 5.07. The highest BCUT2D eigenvalue weighted by molar-refractivity contribution is 14.1. The number of ether oxygens (including phenoxy) is 1. The van der Waals surface area contributed by atoms with Crippen LogP contribution in [-0.4, -0.2) is 12.4 Å². The summed E-state index contributed by atoms with van der Waals surface area (Å²) in [6.45, 7) is 2.65. The Kier molecular flexibility index (Phi) is 3.41. The highest BCUT2D eigenvalue weighted by atomic mass is 127. The van der Waals surface area contributed by atoms with Crippen molar-refractivity contribution >= 4 is 28.4 Å². The highest BCUT2D eigenvalue weighted by Gasteiger charge is 2.23. The van der Waals surface area contributed by atoms with Crippen LogP contribution in [0.3, 0.4) is 0 Å². The number of hydrogen-bond acceptors (Lipinski definition) is 2. The van der Waals surface area contributed by atoms with Gasteiger partial charge in [0, 0.05) is 16.4 Å². The molecule has 1 aliphatic heterocycles. The van der Waals surface area contributed by atoms with E-state index in [1.54, 1.807) is 0 Å². The van der Waals surface area contributed by atoms with E-state index in [4.69, 9.17) is 4.74 Å². The summed E-state index contributed by atoms with van der Waals surface area (Å²) in [6.07, 6.45) is 1.07. The van der Waals surface area contributed by atoms with Gasteiger partial charge in [0.05, 0.1) is 12.7 Å². The monoisotopic (exact) mass is 316 g/mol. The lowest BCUT2D eigenvalue weighted by Crippen LogP contribution is -2.20. The second-order valence-corrected chi connectivity index (χ2v) is 4.97. The SMILES string of the molecule is Cc1c(I)cccc1C1CC(=O)CCO1.